The van der Waals surface area contributed by atoms with Gasteiger partial charge < -0.3 is 15.6 Å². The number of carboxylic acid groups (broad SMARTS) is 1. The van der Waals surface area contributed by atoms with Crippen molar-refractivity contribution in [3.63, 3.8) is 0 Å². The number of hydrogen-bond donors (Lipinski definition) is 1. The Balaban J connectivity index is 3.41. The molecule has 4 heteroatoms. The van der Waals surface area contributed by atoms with Gasteiger partial charge >= 0.3 is 0 Å². The van der Waals surface area contributed by atoms with Gasteiger partial charge in [0.15, 0.2) is 0 Å². The van der Waals surface area contributed by atoms with Gasteiger partial charge in [0.05, 0.1) is 12.0 Å². The molecule has 0 bridgehead atoms. The standard InChI is InChI=1S/C5H8N2O2/c6-3-1-2-4(7)5(8)9/h4H,1-2,7H2,(H,8,9)/p-1. The molecule has 0 aromatic carbocycles. The lowest BCUT2D eigenvalue weighted by Gasteiger charge is -2.08. The van der Waals surface area contributed by atoms with Crippen LogP contribution in [0.4, 0.5) is 0 Å². The Hall–Kier alpha value is -1.08. The van der Waals surface area contributed by atoms with Crippen molar-refractivity contribution in [2.45, 2.75) is 18.9 Å². The molecule has 0 aromatic heterocycles. The average molecular weight is 127 g/mol. The van der Waals surface area contributed by atoms with Crippen molar-refractivity contribution in [3.8, 4) is 6.07 Å². The molecule has 50 valence electrons. The van der Waals surface area contributed by atoms with E-state index in [1.54, 1.807) is 6.07 Å². The fourth-order valence-corrected chi connectivity index (χ4v) is 0.338. The maximum atomic E-state index is 9.86. The van der Waals surface area contributed by atoms with Crippen molar-refractivity contribution < 1.29 is 9.90 Å². The van der Waals surface area contributed by atoms with E-state index in [0.29, 0.717) is 0 Å². The summed E-state index contributed by atoms with van der Waals surface area (Å²) < 4.78 is 0. The number of nitrogens with zero attached hydrogens (tertiary/aromatic N) is 1. The Morgan fingerprint density at radius 3 is 2.78 bits per heavy atom. The molecule has 1 unspecified atom stereocenters. The van der Waals surface area contributed by atoms with Crippen molar-refractivity contribution >= 4 is 5.97 Å². The van der Waals surface area contributed by atoms with E-state index < -0.39 is 12.0 Å². The van der Waals surface area contributed by atoms with Gasteiger partial charge in [-0.2, -0.15) is 5.26 Å². The van der Waals surface area contributed by atoms with E-state index in [2.05, 4.69) is 0 Å². The summed E-state index contributed by atoms with van der Waals surface area (Å²) in [6, 6.07) is 0.787. The van der Waals surface area contributed by atoms with Gasteiger partial charge in [0.2, 0.25) is 0 Å². The van der Waals surface area contributed by atoms with Gasteiger partial charge in [-0.25, -0.2) is 0 Å². The van der Waals surface area contributed by atoms with Crippen LogP contribution in [0.3, 0.4) is 0 Å². The predicted molar refractivity (Wildman–Crippen MR) is 27.8 cm³/mol. The molecule has 1 atom stereocenters. The topological polar surface area (TPSA) is 89.9 Å². The minimum atomic E-state index is -1.30. The zero-order valence-corrected chi connectivity index (χ0v) is 4.83. The van der Waals surface area contributed by atoms with Crippen LogP contribution in [0.5, 0.6) is 0 Å². The highest BCUT2D eigenvalue weighted by Crippen LogP contribution is 1.89. The number of hydrogen-bond acceptors (Lipinski definition) is 4. The van der Waals surface area contributed by atoms with Gasteiger partial charge in [-0.15, -0.1) is 0 Å². The first-order valence-electron chi connectivity index (χ1n) is 2.52. The van der Waals surface area contributed by atoms with Crippen LogP contribution in [-0.4, -0.2) is 12.0 Å². The van der Waals surface area contributed by atoms with Crippen molar-refractivity contribution in [1.29, 1.82) is 5.26 Å². The number of carboxylic acids is 1. The van der Waals surface area contributed by atoms with Crippen LogP contribution in [0.15, 0.2) is 0 Å². The fourth-order valence-electron chi connectivity index (χ4n) is 0.338. The first-order valence-corrected chi connectivity index (χ1v) is 2.52. The molecule has 0 heterocycles. The Bertz CT molecular complexity index is 138. The SMILES string of the molecule is N#CCCC(N)C(=O)[O-]. The summed E-state index contributed by atoms with van der Waals surface area (Å²) >= 11 is 0. The minimum Gasteiger partial charge on any atom is -0.548 e. The summed E-state index contributed by atoms with van der Waals surface area (Å²) in [5.74, 6) is -1.30. The molecule has 0 saturated heterocycles. The molecule has 0 aliphatic rings. The molecule has 0 spiro atoms. The second kappa shape index (κ2) is 3.87. The van der Waals surface area contributed by atoms with Gasteiger partial charge in [0.1, 0.15) is 0 Å². The lowest BCUT2D eigenvalue weighted by Crippen LogP contribution is -2.41. The van der Waals surface area contributed by atoms with Crippen molar-refractivity contribution in [2.24, 2.45) is 5.73 Å². The van der Waals surface area contributed by atoms with E-state index in [4.69, 9.17) is 11.0 Å². The van der Waals surface area contributed by atoms with Gasteiger partial charge in [-0.3, -0.25) is 0 Å². The molecule has 0 radical (unpaired) electrons. The summed E-state index contributed by atoms with van der Waals surface area (Å²) in [5.41, 5.74) is 4.99. The summed E-state index contributed by atoms with van der Waals surface area (Å²) in [5, 5.41) is 17.8. The third-order valence-corrected chi connectivity index (χ3v) is 0.870. The zero-order chi connectivity index (χ0) is 7.28. The van der Waals surface area contributed by atoms with E-state index in [0.717, 1.165) is 0 Å². The normalized spacial score (nSPS) is 12.0. The number of nitrogens with two attached hydrogens (primary N) is 1. The van der Waals surface area contributed by atoms with Crippen LogP contribution in [0.2, 0.25) is 0 Å². The van der Waals surface area contributed by atoms with Crippen LogP contribution in [-0.2, 0) is 4.79 Å². The third-order valence-electron chi connectivity index (χ3n) is 0.870. The Morgan fingerprint density at radius 2 is 2.44 bits per heavy atom. The molecule has 4 nitrogen and oxygen atoms in total. The largest absolute Gasteiger partial charge is 0.548 e. The second-order valence-corrected chi connectivity index (χ2v) is 1.62. The van der Waals surface area contributed by atoms with Gasteiger partial charge in [-0.05, 0) is 6.42 Å². The number of carbonyl (C=O) groups is 1. The predicted octanol–water partition coefficient (Wildman–Crippen LogP) is -1.63. The van der Waals surface area contributed by atoms with Crippen molar-refractivity contribution in [3.05, 3.63) is 0 Å². The molecule has 0 saturated carbocycles. The molecule has 0 aromatic rings. The fraction of sp³-hybridized carbons (Fsp3) is 0.600. The maximum absolute atomic E-state index is 9.86. The number of rotatable bonds is 3. The van der Waals surface area contributed by atoms with Crippen LogP contribution < -0.4 is 10.8 Å². The van der Waals surface area contributed by atoms with Gasteiger partial charge in [-0.1, -0.05) is 0 Å². The lowest BCUT2D eigenvalue weighted by atomic mass is 10.2. The molecule has 0 aliphatic heterocycles. The first-order chi connectivity index (χ1) is 4.18. The minimum absolute atomic E-state index is 0.162. The second-order valence-electron chi connectivity index (χ2n) is 1.62. The Morgan fingerprint density at radius 1 is 1.89 bits per heavy atom. The van der Waals surface area contributed by atoms with Crippen molar-refractivity contribution in [2.75, 3.05) is 0 Å². The molecule has 9 heavy (non-hydrogen) atoms. The molecular formula is C5H7N2O2-. The first kappa shape index (κ1) is 7.92. The Kier molecular flexibility index (Phi) is 3.40. The van der Waals surface area contributed by atoms with E-state index in [9.17, 15) is 9.90 Å². The summed E-state index contributed by atoms with van der Waals surface area (Å²) in [4.78, 5) is 9.86. The highest BCUT2D eigenvalue weighted by molar-refractivity contribution is 5.70. The van der Waals surface area contributed by atoms with E-state index in [-0.39, 0.29) is 12.8 Å². The van der Waals surface area contributed by atoms with Crippen LogP contribution in [0.25, 0.3) is 0 Å². The monoisotopic (exact) mass is 127 g/mol. The zero-order valence-electron chi connectivity index (χ0n) is 4.83. The molecule has 0 amide bonds. The lowest BCUT2D eigenvalue weighted by molar-refractivity contribution is -0.307. The molecule has 0 aliphatic carbocycles. The summed E-state index contributed by atoms with van der Waals surface area (Å²) in [6.45, 7) is 0. The highest BCUT2D eigenvalue weighted by Gasteiger charge is 2.00. The number of nitriles is 1. The van der Waals surface area contributed by atoms with Crippen LogP contribution in [0.1, 0.15) is 12.8 Å². The molecular weight excluding hydrogens is 120 g/mol. The van der Waals surface area contributed by atoms with Crippen LogP contribution in [0, 0.1) is 11.3 Å². The van der Waals surface area contributed by atoms with Crippen LogP contribution >= 0.6 is 0 Å². The quantitative estimate of drug-likeness (QED) is 0.492. The molecule has 0 rings (SSSR count). The maximum Gasteiger partial charge on any atom is 0.0622 e. The van der Waals surface area contributed by atoms with E-state index in [1.165, 1.54) is 0 Å². The summed E-state index contributed by atoms with van der Waals surface area (Å²) in [6.07, 6.45) is 0.327. The third kappa shape index (κ3) is 3.50. The number of carbonyl (C=O) groups excluding carboxylic acids is 1. The van der Waals surface area contributed by atoms with E-state index >= 15 is 0 Å². The van der Waals surface area contributed by atoms with Gasteiger partial charge in [0.25, 0.3) is 0 Å². The van der Waals surface area contributed by atoms with Gasteiger partial charge in [0, 0.05) is 12.5 Å². The average Bonchev–Trinajstić information content (AvgIpc) is 1.82. The highest BCUT2D eigenvalue weighted by atomic mass is 16.4. The molecule has 2 N–H and O–H groups in total. The summed E-state index contributed by atoms with van der Waals surface area (Å²) in [7, 11) is 0. The number of aliphatic carboxylic acids is 1. The molecule has 0 fully saturated rings. The smallest absolute Gasteiger partial charge is 0.0622 e. The van der Waals surface area contributed by atoms with E-state index in [1.807, 2.05) is 0 Å². The van der Waals surface area contributed by atoms with Crippen molar-refractivity contribution in [1.82, 2.24) is 0 Å². The Labute approximate surface area is 52.9 Å².